The minimum absolute atomic E-state index is 1.28. The van der Waals surface area contributed by atoms with Gasteiger partial charge in [0.15, 0.2) is 0 Å². The molecule has 0 aliphatic heterocycles. The van der Waals surface area contributed by atoms with E-state index < -0.39 is 46.4 Å². The molecule has 0 aliphatic carbocycles. The minimum Gasteiger partial charge on any atom is -0.907 e. The molecular formula is C64H140BCl12N7O11. The number of nitrogens with zero attached hydrogens (tertiary/aromatic N) is 7. The van der Waals surface area contributed by atoms with Crippen molar-refractivity contribution in [3.05, 3.63) is 0 Å². The molecular weight excluding hydrogens is 1480 g/mol. The maximum absolute atomic E-state index is 9.51. The van der Waals surface area contributed by atoms with Gasteiger partial charge in [-0.25, -0.2) is 0 Å². The Hall–Kier alpha value is 1.02. The van der Waals surface area contributed by atoms with Crippen LogP contribution in [0.15, 0.2) is 0 Å². The lowest BCUT2D eigenvalue weighted by atomic mass is 10.3. The number of aliphatic carboxylic acids is 4. The molecule has 584 valence electrons. The summed E-state index contributed by atoms with van der Waals surface area (Å²) < 4.78 is -0.167. The number of halogens is 12. The van der Waals surface area contributed by atoms with E-state index in [2.05, 4.69) is 194 Å². The Labute approximate surface area is 643 Å². The van der Waals surface area contributed by atoms with Crippen molar-refractivity contribution in [2.45, 2.75) is 209 Å². The smallest absolute Gasteiger partial charge is 0.230 e. The molecule has 0 aromatic rings. The molecule has 0 unspecified atom stereocenters. The highest BCUT2D eigenvalue weighted by molar-refractivity contribution is 6.77. The molecule has 0 saturated carbocycles. The number of carboxylic acid groups (broad SMARTS) is 4. The second-order valence-corrected chi connectivity index (χ2v) is 30.8. The molecule has 0 aliphatic rings. The van der Waals surface area contributed by atoms with Crippen molar-refractivity contribution in [3.8, 4) is 0 Å². The summed E-state index contributed by atoms with van der Waals surface area (Å²) in [7, 11) is -2.92. The predicted octanol–water partition coefficient (Wildman–Crippen LogP) is 9.66. The van der Waals surface area contributed by atoms with Crippen LogP contribution in [0.3, 0.4) is 0 Å². The predicted molar refractivity (Wildman–Crippen MR) is 404 cm³/mol. The number of carbonyl (C=O) groups excluding carboxylic acids is 4. The summed E-state index contributed by atoms with van der Waals surface area (Å²) in [6, 6.07) is 0. The molecule has 0 bridgehead atoms. The van der Waals surface area contributed by atoms with E-state index in [1.165, 1.54) is 215 Å². The average molecular weight is 1620 g/mol. The second-order valence-electron chi connectivity index (χ2n) is 21.7. The Balaban J connectivity index is -0.0000000794. The summed E-state index contributed by atoms with van der Waals surface area (Å²) in [6.45, 7) is 99.6. The number of carbonyl (C=O) groups is 4. The van der Waals surface area contributed by atoms with Crippen LogP contribution in [0.5, 0.6) is 0 Å². The van der Waals surface area contributed by atoms with Gasteiger partial charge < -0.3 is 86.1 Å². The topological polar surface area (TPSA) is 230 Å². The van der Waals surface area contributed by atoms with Crippen molar-refractivity contribution in [3.63, 3.8) is 0 Å². The molecule has 95 heavy (non-hydrogen) atoms. The number of carboxylic acids is 4. The van der Waals surface area contributed by atoms with Gasteiger partial charge in [0.05, 0.1) is 207 Å². The Morgan fingerprint density at radius 1 is 0.200 bits per heavy atom. The van der Waals surface area contributed by atoms with Gasteiger partial charge in [-0.3, -0.25) is 7.32 Å². The Morgan fingerprint density at radius 2 is 0.232 bits per heavy atom. The van der Waals surface area contributed by atoms with Crippen LogP contribution in [0.2, 0.25) is 0 Å². The van der Waals surface area contributed by atoms with Crippen LogP contribution < -0.4 is 35.5 Å². The SMILES string of the molecule is CC[N+](CC)(CC)CC.CC[N+](CC)(CC)CC.CC[N+](CC)(CC)CC.CC[N+](CC)(CC)CC.CC[N+](CC)(CC)CC.CC[N+](CC)(CC)CC.CC[N+](CC)(CC)CC.O=C([O-])C(Cl)(Cl)Cl.O=C([O-])C(Cl)(Cl)Cl.O=C([O-])C(Cl)(Cl)Cl.O=C([O-])C(Cl)(Cl)Cl.[O-]B([O-])[O-]. The maximum atomic E-state index is 9.51. The summed E-state index contributed by atoms with van der Waals surface area (Å²) in [4.78, 5) is 38.1. The van der Waals surface area contributed by atoms with Crippen molar-refractivity contribution in [1.82, 2.24) is 0 Å². The molecule has 31 heteroatoms. The monoisotopic (exact) mass is 1610 g/mol. The van der Waals surface area contributed by atoms with Crippen LogP contribution in [-0.2, 0) is 19.2 Å². The molecule has 0 atom stereocenters. The fourth-order valence-electron chi connectivity index (χ4n) is 9.39. The van der Waals surface area contributed by atoms with Crippen molar-refractivity contribution >= 4 is 170 Å². The lowest BCUT2D eigenvalue weighted by Gasteiger charge is -2.35. The van der Waals surface area contributed by atoms with E-state index in [4.69, 9.17) is 154 Å². The Bertz CT molecular complexity index is 1300. The average Bonchev–Trinajstić information content (AvgIpc) is 1.48. The first-order valence-electron chi connectivity index (χ1n) is 34.3. The van der Waals surface area contributed by atoms with Crippen molar-refractivity contribution in [1.29, 1.82) is 0 Å². The van der Waals surface area contributed by atoms with Gasteiger partial charge in [0.25, 0.3) is 0 Å². The largest absolute Gasteiger partial charge is 0.907 e. The van der Waals surface area contributed by atoms with Crippen molar-refractivity contribution in [2.24, 2.45) is 0 Å². The second kappa shape index (κ2) is 69.4. The van der Waals surface area contributed by atoms with E-state index in [1.807, 2.05) is 0 Å². The van der Waals surface area contributed by atoms with Gasteiger partial charge >= 0.3 is 0 Å². The van der Waals surface area contributed by atoms with Gasteiger partial charge in [0.1, 0.15) is 0 Å². The van der Waals surface area contributed by atoms with Gasteiger partial charge in [-0.05, 0) is 194 Å². The molecule has 0 rings (SSSR count). The van der Waals surface area contributed by atoms with Gasteiger partial charge in [-0.2, -0.15) is 0 Å². The molecule has 0 aromatic carbocycles. The number of alkyl halides is 12. The summed E-state index contributed by atoms with van der Waals surface area (Å²) in [5, 5.41) is 63.3. The lowest BCUT2D eigenvalue weighted by molar-refractivity contribution is -0.921. The summed E-state index contributed by atoms with van der Waals surface area (Å²) in [5.41, 5.74) is 0. The highest BCUT2D eigenvalue weighted by Crippen LogP contribution is 2.26. The molecule has 0 fully saturated rings. The van der Waals surface area contributed by atoms with Crippen molar-refractivity contribution < 1.29 is 86.1 Å². The maximum Gasteiger partial charge on any atom is 0.230 e. The molecule has 18 nitrogen and oxygen atoms in total. The zero-order chi connectivity index (χ0) is 79.2. The summed E-state index contributed by atoms with van der Waals surface area (Å²) in [5.74, 6) is -6.84. The van der Waals surface area contributed by atoms with Crippen LogP contribution in [0.1, 0.15) is 194 Å². The molecule has 0 saturated heterocycles. The third kappa shape index (κ3) is 69.2. The van der Waals surface area contributed by atoms with Crippen LogP contribution in [-0.4, -0.2) is 261 Å². The van der Waals surface area contributed by atoms with E-state index in [9.17, 15) is 39.6 Å². The molecule has 0 heterocycles. The molecule has 0 radical (unpaired) electrons. The van der Waals surface area contributed by atoms with E-state index in [0.29, 0.717) is 0 Å². The van der Waals surface area contributed by atoms with Crippen LogP contribution in [0.25, 0.3) is 0 Å². The summed E-state index contributed by atoms with van der Waals surface area (Å²) >= 11 is 56.8. The van der Waals surface area contributed by atoms with Crippen molar-refractivity contribution in [2.75, 3.05) is 183 Å². The Morgan fingerprint density at radius 3 is 0.232 bits per heavy atom. The highest BCUT2D eigenvalue weighted by Gasteiger charge is 2.24. The molecule has 0 N–H and O–H groups in total. The number of rotatable bonds is 28. The van der Waals surface area contributed by atoms with Crippen LogP contribution in [0, 0.1) is 0 Å². The van der Waals surface area contributed by atoms with Gasteiger partial charge in [0.2, 0.25) is 15.2 Å². The van der Waals surface area contributed by atoms with Crippen LogP contribution >= 0.6 is 139 Å². The zero-order valence-corrected chi connectivity index (χ0v) is 73.6. The van der Waals surface area contributed by atoms with E-state index in [-0.39, 0.29) is 0 Å². The quantitative estimate of drug-likeness (QED) is 0.0407. The minimum atomic E-state index is -2.92. The third-order valence-electron chi connectivity index (χ3n) is 19.7. The fourth-order valence-corrected chi connectivity index (χ4v) is 9.39. The first kappa shape index (κ1) is 123. The number of hydrogen-bond acceptors (Lipinski definition) is 11. The van der Waals surface area contributed by atoms with Gasteiger partial charge in [-0.15, -0.1) is 0 Å². The first-order valence-corrected chi connectivity index (χ1v) is 38.8. The van der Waals surface area contributed by atoms with Crippen LogP contribution in [0.4, 0.5) is 0 Å². The zero-order valence-electron chi connectivity index (χ0n) is 64.5. The third-order valence-corrected chi connectivity index (χ3v) is 21.6. The summed E-state index contributed by atoms with van der Waals surface area (Å²) in [6.07, 6.45) is 0. The standard InChI is InChI=1S/7C8H20N.4C2HCl3O2.BO3/c7*1-5-9(6-2,7-3)8-4;4*3-2(4,5)1(6)7;2-1(3)4/h7*5-8H2,1-4H3;4*(H,6,7);/q7*+1;;;;;-3/p-4. The molecule has 0 aromatic heterocycles. The molecule has 0 amide bonds. The normalized spacial score (nSPS) is 11.6. The Kier molecular flexibility index (Phi) is 89.7. The number of hydrogen-bond donors (Lipinski definition) is 0. The van der Waals surface area contributed by atoms with E-state index in [0.717, 1.165) is 0 Å². The number of quaternary nitrogens is 7. The lowest BCUT2D eigenvalue weighted by Crippen LogP contribution is -2.56. The van der Waals surface area contributed by atoms with E-state index in [1.54, 1.807) is 0 Å². The molecule has 0 spiro atoms. The van der Waals surface area contributed by atoms with Gasteiger partial charge in [0, 0.05) is 0 Å². The van der Waals surface area contributed by atoms with Gasteiger partial charge in [-0.1, -0.05) is 139 Å². The first-order chi connectivity index (χ1) is 43.2. The van der Waals surface area contributed by atoms with E-state index >= 15 is 0 Å². The fraction of sp³-hybridized carbons (Fsp3) is 0.938. The highest BCUT2D eigenvalue weighted by atomic mass is 35.6.